The number of thioether (sulfide) groups is 1. The maximum Gasteiger partial charge on any atom is 0.243 e. The van der Waals surface area contributed by atoms with Gasteiger partial charge in [-0.3, -0.25) is 4.79 Å². The molecule has 1 amide bonds. The monoisotopic (exact) mass is 495 g/mol. The lowest BCUT2D eigenvalue weighted by molar-refractivity contribution is -0.140. The Hall–Kier alpha value is -1.36. The van der Waals surface area contributed by atoms with E-state index in [2.05, 4.69) is 5.32 Å². The lowest BCUT2D eigenvalue weighted by atomic mass is 9.95. The summed E-state index contributed by atoms with van der Waals surface area (Å²) in [5.74, 6) is -0.160. The minimum absolute atomic E-state index is 0.0541. The van der Waals surface area contributed by atoms with Crippen LogP contribution in [0.15, 0.2) is 41.3 Å². The molecule has 3 aliphatic rings. The predicted molar refractivity (Wildman–Crippen MR) is 126 cm³/mol. The molecule has 2 aromatic carbocycles. The van der Waals surface area contributed by atoms with Gasteiger partial charge in [-0.25, -0.2) is 8.42 Å². The Balaban J connectivity index is 1.49. The molecule has 1 N–H and O–H groups in total. The van der Waals surface area contributed by atoms with Crippen molar-refractivity contribution in [3.05, 3.63) is 41.4 Å². The van der Waals surface area contributed by atoms with Crippen LogP contribution in [0, 0.1) is 0 Å². The zero-order chi connectivity index (χ0) is 22.6. The third kappa shape index (κ3) is 3.73. The van der Waals surface area contributed by atoms with Gasteiger partial charge < -0.3 is 15.0 Å². The highest BCUT2D eigenvalue weighted by molar-refractivity contribution is 8.02. The number of carbonyl (C=O) groups excluding carboxylic acids is 1. The topological polar surface area (TPSA) is 79.0 Å². The van der Waals surface area contributed by atoms with Gasteiger partial charge in [0.1, 0.15) is 4.87 Å². The number of piperidine rings is 1. The third-order valence-electron chi connectivity index (χ3n) is 6.68. The Morgan fingerprint density at radius 1 is 1.12 bits per heavy atom. The van der Waals surface area contributed by atoms with Crippen LogP contribution in [0.2, 0.25) is 5.02 Å². The van der Waals surface area contributed by atoms with Crippen LogP contribution in [-0.2, 0) is 19.6 Å². The van der Waals surface area contributed by atoms with Crippen molar-refractivity contribution in [2.24, 2.45) is 0 Å². The van der Waals surface area contributed by atoms with Crippen LogP contribution in [0.25, 0.3) is 10.8 Å². The van der Waals surface area contributed by atoms with Crippen molar-refractivity contribution < 1.29 is 17.9 Å². The molecule has 0 aliphatic carbocycles. The fourth-order valence-corrected chi connectivity index (χ4v) is 8.94. The van der Waals surface area contributed by atoms with E-state index >= 15 is 0 Å². The molecule has 2 aromatic rings. The van der Waals surface area contributed by atoms with Crippen LogP contribution in [0.3, 0.4) is 0 Å². The number of amides is 1. The smallest absolute Gasteiger partial charge is 0.243 e. The van der Waals surface area contributed by atoms with Crippen molar-refractivity contribution in [2.75, 3.05) is 46.4 Å². The van der Waals surface area contributed by atoms with Crippen LogP contribution in [0.4, 0.5) is 0 Å². The van der Waals surface area contributed by atoms with Crippen LogP contribution in [0.5, 0.6) is 0 Å². The molecular weight excluding hydrogens is 470 g/mol. The number of fused-ring (bicyclic) bond motifs is 2. The zero-order valence-corrected chi connectivity index (χ0v) is 20.2. The second-order valence-electron chi connectivity index (χ2n) is 8.82. The van der Waals surface area contributed by atoms with Crippen molar-refractivity contribution in [3.8, 4) is 0 Å². The summed E-state index contributed by atoms with van der Waals surface area (Å²) in [6, 6.07) is 10.3. The van der Waals surface area contributed by atoms with Gasteiger partial charge in [0.05, 0.1) is 18.0 Å². The highest BCUT2D eigenvalue weighted by atomic mass is 35.5. The number of hydrogen-bond acceptors (Lipinski definition) is 6. The summed E-state index contributed by atoms with van der Waals surface area (Å²) in [5, 5.41) is 5.64. The lowest BCUT2D eigenvalue weighted by Crippen LogP contribution is -2.63. The molecule has 0 bridgehead atoms. The van der Waals surface area contributed by atoms with Crippen LogP contribution in [-0.4, -0.2) is 79.6 Å². The second kappa shape index (κ2) is 8.14. The average Bonchev–Trinajstić information content (AvgIpc) is 3.07. The number of sulfonamides is 1. The van der Waals surface area contributed by atoms with Crippen LogP contribution < -0.4 is 5.32 Å². The zero-order valence-electron chi connectivity index (χ0n) is 17.8. The van der Waals surface area contributed by atoms with E-state index in [1.54, 1.807) is 55.3 Å². The molecule has 1 spiro atoms. The van der Waals surface area contributed by atoms with E-state index in [9.17, 15) is 13.2 Å². The predicted octanol–water partition coefficient (Wildman–Crippen LogP) is 2.54. The lowest BCUT2D eigenvalue weighted by Gasteiger charge is -2.44. The van der Waals surface area contributed by atoms with Crippen LogP contribution in [0.1, 0.15) is 12.8 Å². The second-order valence-corrected chi connectivity index (χ2v) is 13.0. The summed E-state index contributed by atoms with van der Waals surface area (Å²) < 4.78 is 34.0. The number of nitrogens with zero attached hydrogens (tertiary/aromatic N) is 2. The maximum absolute atomic E-state index is 13.6. The number of nitrogens with one attached hydrogen (secondary N) is 1. The quantitative estimate of drug-likeness (QED) is 0.702. The number of rotatable bonds is 4. The van der Waals surface area contributed by atoms with Crippen LogP contribution >= 0.6 is 23.4 Å². The Bertz CT molecular complexity index is 1170. The van der Waals surface area contributed by atoms with Crippen molar-refractivity contribution >= 4 is 50.1 Å². The normalized spacial score (nSPS) is 26.1. The first-order valence-corrected chi connectivity index (χ1v) is 13.3. The van der Waals surface area contributed by atoms with E-state index < -0.39 is 14.9 Å². The molecule has 0 aromatic heterocycles. The first kappa shape index (κ1) is 22.4. The third-order valence-corrected chi connectivity index (χ3v) is 10.5. The van der Waals surface area contributed by atoms with Crippen molar-refractivity contribution in [2.45, 2.75) is 27.4 Å². The maximum atomic E-state index is 13.6. The number of piperazine rings is 1. The molecule has 1 atom stereocenters. The molecule has 172 valence electrons. The number of ether oxygens (including phenoxy) is 1. The van der Waals surface area contributed by atoms with Gasteiger partial charge in [0.25, 0.3) is 0 Å². The number of methoxy groups -OCH3 is 1. The van der Waals surface area contributed by atoms with Gasteiger partial charge in [-0.1, -0.05) is 23.7 Å². The van der Waals surface area contributed by atoms with Gasteiger partial charge in [-0.2, -0.15) is 4.31 Å². The summed E-state index contributed by atoms with van der Waals surface area (Å²) >= 11 is 7.79. The number of hydrogen-bond donors (Lipinski definition) is 1. The fraction of sp³-hybridized carbons (Fsp3) is 0.500. The first-order valence-electron chi connectivity index (χ1n) is 10.7. The molecule has 32 heavy (non-hydrogen) atoms. The van der Waals surface area contributed by atoms with Gasteiger partial charge in [-0.05, 0) is 61.0 Å². The van der Waals surface area contributed by atoms with Gasteiger partial charge in [0.2, 0.25) is 15.9 Å². The van der Waals surface area contributed by atoms with Crippen molar-refractivity contribution in [1.29, 1.82) is 0 Å². The summed E-state index contributed by atoms with van der Waals surface area (Å²) in [5.41, 5.74) is 0. The Morgan fingerprint density at radius 2 is 1.84 bits per heavy atom. The highest BCUT2D eigenvalue weighted by Gasteiger charge is 2.59. The molecule has 0 radical (unpaired) electrons. The molecule has 1 unspecified atom stereocenters. The van der Waals surface area contributed by atoms with Crippen molar-refractivity contribution in [1.82, 2.24) is 14.5 Å². The summed E-state index contributed by atoms with van der Waals surface area (Å²) in [6.45, 7) is 2.81. The van der Waals surface area contributed by atoms with E-state index in [1.807, 2.05) is 4.90 Å². The molecule has 3 aliphatic heterocycles. The Morgan fingerprint density at radius 3 is 2.59 bits per heavy atom. The number of benzene rings is 2. The summed E-state index contributed by atoms with van der Waals surface area (Å²) in [6.07, 6.45) is 1.90. The van der Waals surface area contributed by atoms with E-state index in [0.717, 1.165) is 36.7 Å². The molecular formula is C22H26ClN3O4S2. The summed E-state index contributed by atoms with van der Waals surface area (Å²) in [4.78, 5) is 14.6. The molecule has 0 saturated carbocycles. The Labute approximate surface area is 197 Å². The Kier molecular flexibility index (Phi) is 5.71. The van der Waals surface area contributed by atoms with E-state index in [4.69, 9.17) is 16.3 Å². The van der Waals surface area contributed by atoms with Gasteiger partial charge in [0.15, 0.2) is 0 Å². The van der Waals surface area contributed by atoms with Gasteiger partial charge in [0, 0.05) is 30.0 Å². The molecule has 10 heteroatoms. The molecule has 3 saturated heterocycles. The minimum Gasteiger partial charge on any atom is -0.381 e. The number of halogens is 1. The SMILES string of the molecule is COCC12CN(S(=O)(=O)c3ccc4cc(Cl)ccc4c3)CC(=O)N1CC1(CCNCC1)S2. The largest absolute Gasteiger partial charge is 0.381 e. The average molecular weight is 496 g/mol. The number of carbonyl (C=O) groups is 1. The van der Waals surface area contributed by atoms with E-state index in [1.165, 1.54) is 4.31 Å². The standard InChI is InChI=1S/C22H26ClN3O4S2/c1-30-15-22-14-25(12-20(27)26(22)13-21(31-22)6-8-24-9-7-21)32(28,29)19-5-3-16-10-18(23)4-2-17(16)11-19/h2-5,10-11,24H,6-9,12-15H2,1H3. The van der Waals surface area contributed by atoms with Crippen molar-refractivity contribution in [3.63, 3.8) is 0 Å². The molecule has 5 rings (SSSR count). The summed E-state index contributed by atoms with van der Waals surface area (Å²) in [7, 11) is -2.26. The first-order chi connectivity index (χ1) is 15.3. The van der Waals surface area contributed by atoms with E-state index in [-0.39, 0.29) is 28.6 Å². The highest BCUT2D eigenvalue weighted by Crippen LogP contribution is 2.53. The molecule has 3 fully saturated rings. The van der Waals surface area contributed by atoms with Gasteiger partial charge in [-0.15, -0.1) is 11.8 Å². The fourth-order valence-electron chi connectivity index (χ4n) is 5.12. The van der Waals surface area contributed by atoms with Gasteiger partial charge >= 0.3 is 0 Å². The molecule has 3 heterocycles. The minimum atomic E-state index is -3.86. The van der Waals surface area contributed by atoms with E-state index in [0.29, 0.717) is 18.2 Å². The molecule has 7 nitrogen and oxygen atoms in total.